The van der Waals surface area contributed by atoms with Crippen LogP contribution in [0.25, 0.3) is 0 Å². The van der Waals surface area contributed by atoms with Gasteiger partial charge in [0.25, 0.3) is 0 Å². The highest BCUT2D eigenvalue weighted by Gasteiger charge is 2.08. The van der Waals surface area contributed by atoms with E-state index >= 15 is 0 Å². The van der Waals surface area contributed by atoms with E-state index < -0.39 is 6.61 Å². The maximum atomic E-state index is 12.2. The number of guanidine groups is 1. The first-order chi connectivity index (χ1) is 12.9. The Morgan fingerprint density at radius 3 is 2.26 bits per heavy atom. The van der Waals surface area contributed by atoms with Gasteiger partial charge in [-0.1, -0.05) is 31.4 Å². The average Bonchev–Trinajstić information content (AvgIpc) is 2.61. The van der Waals surface area contributed by atoms with Gasteiger partial charge in [-0.05, 0) is 51.2 Å². The Kier molecular flexibility index (Phi) is 11.4. The second kappa shape index (κ2) is 13.3. The van der Waals surface area contributed by atoms with Crippen LogP contribution in [0.4, 0.5) is 8.78 Å². The molecule has 1 aromatic rings. The van der Waals surface area contributed by atoms with Crippen molar-refractivity contribution >= 4 is 5.96 Å². The summed E-state index contributed by atoms with van der Waals surface area (Å²) >= 11 is 0. The summed E-state index contributed by atoms with van der Waals surface area (Å²) in [6.45, 7) is -0.106. The van der Waals surface area contributed by atoms with E-state index in [9.17, 15) is 8.78 Å². The summed E-state index contributed by atoms with van der Waals surface area (Å²) in [6, 6.07) is 6.69. The zero-order valence-electron chi connectivity index (χ0n) is 17.0. The smallest absolute Gasteiger partial charge is 0.387 e. The van der Waals surface area contributed by atoms with Crippen LogP contribution < -0.4 is 10.1 Å². The molecule has 154 valence electrons. The Bertz CT molecular complexity index is 535. The summed E-state index contributed by atoms with van der Waals surface area (Å²) in [6.07, 6.45) is 6.13. The first-order valence-corrected chi connectivity index (χ1v) is 9.52. The molecule has 0 radical (unpaired) electrons. The summed E-state index contributed by atoms with van der Waals surface area (Å²) in [5.41, 5.74) is 1.00. The lowest BCUT2D eigenvalue weighted by atomic mass is 10.1. The third-order valence-corrected chi connectivity index (χ3v) is 4.21. The van der Waals surface area contributed by atoms with E-state index in [-0.39, 0.29) is 5.75 Å². The monoisotopic (exact) mass is 384 g/mol. The van der Waals surface area contributed by atoms with Gasteiger partial charge in [-0.3, -0.25) is 4.99 Å². The highest BCUT2D eigenvalue weighted by Crippen LogP contribution is 2.15. The minimum Gasteiger partial charge on any atom is -0.435 e. The standard InChI is InChI=1S/C20H34F2N4O/c1-23-20(24-14-8-6-5-7-9-15-25(2)3)26(4)16-17-10-12-18(13-11-17)27-19(21)22/h10-13,19H,5-9,14-16H2,1-4H3,(H,23,24). The fourth-order valence-electron chi connectivity index (χ4n) is 2.79. The predicted molar refractivity (Wildman–Crippen MR) is 108 cm³/mol. The molecule has 1 aromatic carbocycles. The lowest BCUT2D eigenvalue weighted by Gasteiger charge is -2.22. The molecular formula is C20H34F2N4O. The number of ether oxygens (including phenoxy) is 1. The number of nitrogens with zero attached hydrogens (tertiary/aromatic N) is 3. The maximum Gasteiger partial charge on any atom is 0.387 e. The number of hydrogen-bond donors (Lipinski definition) is 1. The molecular weight excluding hydrogens is 350 g/mol. The number of unbranched alkanes of at least 4 members (excludes halogenated alkanes) is 4. The highest BCUT2D eigenvalue weighted by molar-refractivity contribution is 5.79. The fourth-order valence-corrected chi connectivity index (χ4v) is 2.79. The second-order valence-electron chi connectivity index (χ2n) is 6.92. The largest absolute Gasteiger partial charge is 0.435 e. The summed E-state index contributed by atoms with van der Waals surface area (Å²) in [4.78, 5) is 8.55. The number of rotatable bonds is 12. The third kappa shape index (κ3) is 10.8. The highest BCUT2D eigenvalue weighted by atomic mass is 19.3. The van der Waals surface area contributed by atoms with Gasteiger partial charge in [0.05, 0.1) is 0 Å². The molecule has 0 aromatic heterocycles. The van der Waals surface area contributed by atoms with Gasteiger partial charge in [0, 0.05) is 27.2 Å². The average molecular weight is 385 g/mol. The predicted octanol–water partition coefficient (Wildman–Crippen LogP) is 3.81. The molecule has 0 atom stereocenters. The van der Waals surface area contributed by atoms with Gasteiger partial charge in [-0.2, -0.15) is 8.78 Å². The molecule has 0 unspecified atom stereocenters. The number of nitrogens with one attached hydrogen (secondary N) is 1. The van der Waals surface area contributed by atoms with E-state index in [1.54, 1.807) is 31.3 Å². The summed E-state index contributed by atoms with van der Waals surface area (Å²) in [7, 11) is 7.94. The molecule has 1 N–H and O–H groups in total. The molecule has 0 amide bonds. The lowest BCUT2D eigenvalue weighted by Crippen LogP contribution is -2.38. The number of alkyl halides is 2. The molecule has 0 heterocycles. The number of benzene rings is 1. The van der Waals surface area contributed by atoms with Crippen LogP contribution in [0, 0.1) is 0 Å². The number of halogens is 2. The van der Waals surface area contributed by atoms with Gasteiger partial charge in [0.1, 0.15) is 5.75 Å². The topological polar surface area (TPSA) is 40.1 Å². The first kappa shape index (κ1) is 23.1. The van der Waals surface area contributed by atoms with Crippen LogP contribution in [-0.4, -0.2) is 63.7 Å². The van der Waals surface area contributed by atoms with E-state index in [1.807, 2.05) is 11.9 Å². The van der Waals surface area contributed by atoms with Crippen LogP contribution in [0.1, 0.15) is 37.7 Å². The normalized spacial score (nSPS) is 11.9. The van der Waals surface area contributed by atoms with E-state index in [4.69, 9.17) is 0 Å². The van der Waals surface area contributed by atoms with Crippen molar-refractivity contribution in [1.82, 2.24) is 15.1 Å². The molecule has 7 heteroatoms. The minimum absolute atomic E-state index is 0.171. The van der Waals surface area contributed by atoms with Crippen LogP contribution in [0.3, 0.4) is 0 Å². The van der Waals surface area contributed by atoms with Crippen molar-refractivity contribution in [3.05, 3.63) is 29.8 Å². The molecule has 5 nitrogen and oxygen atoms in total. The zero-order valence-corrected chi connectivity index (χ0v) is 17.0. The van der Waals surface area contributed by atoms with Crippen molar-refractivity contribution in [3.63, 3.8) is 0 Å². The van der Waals surface area contributed by atoms with Crippen molar-refractivity contribution in [3.8, 4) is 5.75 Å². The number of hydrogen-bond acceptors (Lipinski definition) is 3. The molecule has 0 aliphatic heterocycles. The summed E-state index contributed by atoms with van der Waals surface area (Å²) in [5.74, 6) is 1.00. The van der Waals surface area contributed by atoms with Crippen molar-refractivity contribution < 1.29 is 13.5 Å². The Balaban J connectivity index is 2.26. The molecule has 0 fully saturated rings. The molecule has 27 heavy (non-hydrogen) atoms. The molecule has 1 rings (SSSR count). The van der Waals surface area contributed by atoms with Crippen LogP contribution in [0.2, 0.25) is 0 Å². The van der Waals surface area contributed by atoms with E-state index in [0.717, 1.165) is 31.0 Å². The van der Waals surface area contributed by atoms with Crippen molar-refractivity contribution in [1.29, 1.82) is 0 Å². The summed E-state index contributed by atoms with van der Waals surface area (Å²) in [5, 5.41) is 3.38. The van der Waals surface area contributed by atoms with E-state index in [2.05, 4.69) is 34.0 Å². The van der Waals surface area contributed by atoms with Gasteiger partial charge in [0.2, 0.25) is 0 Å². The van der Waals surface area contributed by atoms with Gasteiger partial charge in [0.15, 0.2) is 5.96 Å². The molecule has 0 saturated carbocycles. The second-order valence-corrected chi connectivity index (χ2v) is 6.92. The van der Waals surface area contributed by atoms with E-state index in [1.165, 1.54) is 25.7 Å². The Hall–Kier alpha value is -1.89. The van der Waals surface area contributed by atoms with Gasteiger partial charge in [-0.15, -0.1) is 0 Å². The minimum atomic E-state index is -2.80. The fraction of sp³-hybridized carbons (Fsp3) is 0.650. The van der Waals surface area contributed by atoms with Crippen LogP contribution in [0.5, 0.6) is 5.75 Å². The maximum absolute atomic E-state index is 12.2. The Morgan fingerprint density at radius 2 is 1.67 bits per heavy atom. The van der Waals surface area contributed by atoms with Gasteiger partial charge >= 0.3 is 6.61 Å². The Morgan fingerprint density at radius 1 is 1.04 bits per heavy atom. The van der Waals surface area contributed by atoms with Crippen molar-refractivity contribution in [2.24, 2.45) is 4.99 Å². The third-order valence-electron chi connectivity index (χ3n) is 4.21. The van der Waals surface area contributed by atoms with Gasteiger partial charge < -0.3 is 19.9 Å². The zero-order chi connectivity index (χ0) is 20.1. The van der Waals surface area contributed by atoms with Crippen LogP contribution >= 0.6 is 0 Å². The lowest BCUT2D eigenvalue weighted by molar-refractivity contribution is -0.0498. The summed E-state index contributed by atoms with van der Waals surface area (Å²) < 4.78 is 28.8. The quantitative estimate of drug-likeness (QED) is 0.338. The van der Waals surface area contributed by atoms with E-state index in [0.29, 0.717) is 6.54 Å². The van der Waals surface area contributed by atoms with Gasteiger partial charge in [-0.25, -0.2) is 0 Å². The molecule has 0 spiro atoms. The molecule has 0 aliphatic carbocycles. The van der Waals surface area contributed by atoms with Crippen molar-refractivity contribution in [2.45, 2.75) is 45.3 Å². The van der Waals surface area contributed by atoms with Crippen LogP contribution in [-0.2, 0) is 6.54 Å². The molecule has 0 bridgehead atoms. The molecule has 0 saturated heterocycles. The molecule has 0 aliphatic rings. The Labute approximate surface area is 162 Å². The number of aliphatic imine (C=N–C) groups is 1. The van der Waals surface area contributed by atoms with Crippen LogP contribution in [0.15, 0.2) is 29.3 Å². The van der Waals surface area contributed by atoms with Crippen molar-refractivity contribution in [2.75, 3.05) is 41.3 Å². The SMILES string of the molecule is CN=C(NCCCCCCCN(C)C)N(C)Cc1ccc(OC(F)F)cc1. The first-order valence-electron chi connectivity index (χ1n) is 9.52.